The van der Waals surface area contributed by atoms with Crippen molar-refractivity contribution in [2.45, 2.75) is 32.0 Å². The first kappa shape index (κ1) is 14.5. The highest BCUT2D eigenvalue weighted by atomic mass is 79.9. The molecule has 0 aromatic carbocycles. The lowest BCUT2D eigenvalue weighted by molar-refractivity contribution is -0.190. The van der Waals surface area contributed by atoms with Gasteiger partial charge in [0.05, 0.1) is 11.4 Å². The van der Waals surface area contributed by atoms with Gasteiger partial charge in [-0.05, 0) is 18.8 Å². The molecule has 98 valence electrons. The fourth-order valence-corrected chi connectivity index (χ4v) is 2.48. The molecule has 3 nitrogen and oxygen atoms in total. The van der Waals surface area contributed by atoms with Gasteiger partial charge in [0.15, 0.2) is 5.78 Å². The first-order chi connectivity index (χ1) is 7.79. The second kappa shape index (κ2) is 5.37. The monoisotopic (exact) mass is 315 g/mol. The second-order valence-corrected chi connectivity index (χ2v) is 4.72. The lowest BCUT2D eigenvalue weighted by Crippen LogP contribution is -2.55. The van der Waals surface area contributed by atoms with Crippen LogP contribution in [0.25, 0.3) is 0 Å². The second-order valence-electron chi connectivity index (χ2n) is 4.16. The van der Waals surface area contributed by atoms with Crippen molar-refractivity contribution < 1.29 is 22.8 Å². The molecule has 2 unspecified atom stereocenters. The molecule has 2 atom stereocenters. The Bertz CT molecular complexity index is 319. The van der Waals surface area contributed by atoms with Gasteiger partial charge in [0, 0.05) is 6.54 Å². The number of nitrogens with zero attached hydrogens (tertiary/aromatic N) is 1. The van der Waals surface area contributed by atoms with Gasteiger partial charge in [-0.15, -0.1) is 0 Å². The number of hydrogen-bond acceptors (Lipinski definition) is 2. The van der Waals surface area contributed by atoms with Crippen LogP contribution in [-0.2, 0) is 9.59 Å². The van der Waals surface area contributed by atoms with Gasteiger partial charge in [0.25, 0.3) is 0 Å². The molecule has 0 aromatic heterocycles. The maximum absolute atomic E-state index is 12.4. The number of ketones is 1. The first-order valence-electron chi connectivity index (χ1n) is 5.25. The van der Waals surface area contributed by atoms with Gasteiger partial charge < -0.3 is 4.90 Å². The zero-order valence-corrected chi connectivity index (χ0v) is 10.8. The molecule has 0 bridgehead atoms. The highest BCUT2D eigenvalue weighted by Crippen LogP contribution is 2.29. The van der Waals surface area contributed by atoms with Crippen LogP contribution in [0, 0.1) is 5.92 Å². The normalized spacial score (nSPS) is 25.8. The van der Waals surface area contributed by atoms with Crippen LogP contribution >= 0.6 is 15.9 Å². The molecule has 0 saturated carbocycles. The summed E-state index contributed by atoms with van der Waals surface area (Å²) in [6, 6.07) is -0.961. The third-order valence-corrected chi connectivity index (χ3v) is 3.45. The first-order valence-corrected chi connectivity index (χ1v) is 6.37. The maximum Gasteiger partial charge on any atom is 0.471 e. The van der Waals surface area contributed by atoms with Crippen LogP contribution in [0.3, 0.4) is 0 Å². The van der Waals surface area contributed by atoms with Crippen LogP contribution < -0.4 is 0 Å². The quantitative estimate of drug-likeness (QED) is 0.732. The van der Waals surface area contributed by atoms with Gasteiger partial charge in [-0.3, -0.25) is 9.59 Å². The predicted octanol–water partition coefficient (Wildman–Crippen LogP) is 2.14. The molecule has 0 N–H and O–H groups in total. The van der Waals surface area contributed by atoms with Gasteiger partial charge in [-0.25, -0.2) is 0 Å². The Labute approximate surface area is 105 Å². The highest BCUT2D eigenvalue weighted by molar-refractivity contribution is 9.09. The zero-order valence-electron chi connectivity index (χ0n) is 9.26. The Morgan fingerprint density at radius 2 is 2.00 bits per heavy atom. The molecule has 1 heterocycles. The Morgan fingerprint density at radius 1 is 1.41 bits per heavy atom. The number of hydrogen-bond donors (Lipinski definition) is 0. The van der Waals surface area contributed by atoms with Gasteiger partial charge in [-0.1, -0.05) is 22.9 Å². The van der Waals surface area contributed by atoms with E-state index in [-0.39, 0.29) is 23.6 Å². The number of piperidine rings is 1. The molecule has 7 heteroatoms. The van der Waals surface area contributed by atoms with Crippen molar-refractivity contribution in [2.24, 2.45) is 5.92 Å². The van der Waals surface area contributed by atoms with Crippen LogP contribution in [0.4, 0.5) is 13.2 Å². The molecule has 1 amide bonds. The van der Waals surface area contributed by atoms with Gasteiger partial charge in [0.2, 0.25) is 0 Å². The standard InChI is InChI=1S/C10H13BrF3NO2/c1-6-3-2-4-15(8(6)7(16)5-11)9(17)10(12,13)14/h6,8H,2-5H2,1H3. The molecular formula is C10H13BrF3NO2. The lowest BCUT2D eigenvalue weighted by Gasteiger charge is -2.38. The number of Topliss-reactive ketones (excluding diaryl/α,β-unsaturated/α-hetero) is 1. The van der Waals surface area contributed by atoms with E-state index in [1.165, 1.54) is 0 Å². The van der Waals surface area contributed by atoms with Crippen LogP contribution in [-0.4, -0.2) is 40.7 Å². The number of amides is 1. The van der Waals surface area contributed by atoms with Crippen molar-refractivity contribution in [3.63, 3.8) is 0 Å². The van der Waals surface area contributed by atoms with Crippen molar-refractivity contribution in [3.05, 3.63) is 0 Å². The van der Waals surface area contributed by atoms with E-state index in [9.17, 15) is 22.8 Å². The zero-order chi connectivity index (χ0) is 13.2. The maximum atomic E-state index is 12.4. The number of carbonyl (C=O) groups excluding carboxylic acids is 2. The largest absolute Gasteiger partial charge is 0.471 e. The van der Waals surface area contributed by atoms with E-state index in [1.54, 1.807) is 6.92 Å². The summed E-state index contributed by atoms with van der Waals surface area (Å²) in [6.07, 6.45) is -3.76. The van der Waals surface area contributed by atoms with E-state index >= 15 is 0 Å². The molecular weight excluding hydrogens is 303 g/mol. The number of alkyl halides is 4. The molecule has 1 rings (SSSR count). The Morgan fingerprint density at radius 3 is 2.47 bits per heavy atom. The summed E-state index contributed by atoms with van der Waals surface area (Å²) in [6.45, 7) is 1.69. The summed E-state index contributed by atoms with van der Waals surface area (Å²) < 4.78 is 37.2. The predicted molar refractivity (Wildman–Crippen MR) is 58.8 cm³/mol. The molecule has 1 fully saturated rings. The molecule has 1 aliphatic heterocycles. The number of likely N-dealkylation sites (tertiary alicyclic amines) is 1. The topological polar surface area (TPSA) is 37.4 Å². The summed E-state index contributed by atoms with van der Waals surface area (Å²) >= 11 is 2.94. The fraction of sp³-hybridized carbons (Fsp3) is 0.800. The Balaban J connectivity index is 2.94. The molecule has 0 aromatic rings. The van der Waals surface area contributed by atoms with Crippen molar-refractivity contribution in [3.8, 4) is 0 Å². The smallest absolute Gasteiger partial charge is 0.325 e. The van der Waals surface area contributed by atoms with Gasteiger partial charge in [-0.2, -0.15) is 13.2 Å². The Hall–Kier alpha value is -0.590. The van der Waals surface area contributed by atoms with E-state index in [0.717, 1.165) is 0 Å². The van der Waals surface area contributed by atoms with Crippen molar-refractivity contribution in [2.75, 3.05) is 11.9 Å². The molecule has 1 saturated heterocycles. The minimum absolute atomic E-state index is 0.00785. The summed E-state index contributed by atoms with van der Waals surface area (Å²) in [5, 5.41) is -0.0381. The number of carbonyl (C=O) groups is 2. The minimum Gasteiger partial charge on any atom is -0.325 e. The van der Waals surface area contributed by atoms with E-state index in [0.29, 0.717) is 17.7 Å². The van der Waals surface area contributed by atoms with Crippen LogP contribution in [0.1, 0.15) is 19.8 Å². The third-order valence-electron chi connectivity index (χ3n) is 2.90. The van der Waals surface area contributed by atoms with Crippen molar-refractivity contribution in [1.29, 1.82) is 0 Å². The average molecular weight is 316 g/mol. The molecule has 0 spiro atoms. The van der Waals surface area contributed by atoms with Crippen LogP contribution in [0.5, 0.6) is 0 Å². The molecule has 0 aliphatic carbocycles. The molecule has 1 aliphatic rings. The van der Waals surface area contributed by atoms with Crippen LogP contribution in [0.2, 0.25) is 0 Å². The summed E-state index contributed by atoms with van der Waals surface area (Å²) in [7, 11) is 0. The van der Waals surface area contributed by atoms with E-state index in [2.05, 4.69) is 15.9 Å². The lowest BCUT2D eigenvalue weighted by atomic mass is 9.88. The van der Waals surface area contributed by atoms with Crippen molar-refractivity contribution >= 4 is 27.6 Å². The van der Waals surface area contributed by atoms with E-state index in [4.69, 9.17) is 0 Å². The molecule has 0 radical (unpaired) electrons. The number of rotatable bonds is 2. The fourth-order valence-electron chi connectivity index (χ4n) is 2.15. The minimum atomic E-state index is -4.91. The van der Waals surface area contributed by atoms with Gasteiger partial charge in [0.1, 0.15) is 0 Å². The highest BCUT2D eigenvalue weighted by Gasteiger charge is 2.47. The Kier molecular flexibility index (Phi) is 4.57. The van der Waals surface area contributed by atoms with Crippen LogP contribution in [0.15, 0.2) is 0 Å². The molecule has 17 heavy (non-hydrogen) atoms. The van der Waals surface area contributed by atoms with Crippen molar-refractivity contribution in [1.82, 2.24) is 4.90 Å². The SMILES string of the molecule is CC1CCCN(C(=O)C(F)(F)F)C1C(=O)CBr. The van der Waals surface area contributed by atoms with Gasteiger partial charge >= 0.3 is 12.1 Å². The summed E-state index contributed by atoms with van der Waals surface area (Å²) in [5.74, 6) is -2.53. The summed E-state index contributed by atoms with van der Waals surface area (Å²) in [5.41, 5.74) is 0. The number of halogens is 4. The van der Waals surface area contributed by atoms with E-state index < -0.39 is 18.1 Å². The average Bonchev–Trinajstić information content (AvgIpc) is 2.25. The summed E-state index contributed by atoms with van der Waals surface area (Å²) in [4.78, 5) is 23.5. The van der Waals surface area contributed by atoms with E-state index in [1.807, 2.05) is 0 Å². The third kappa shape index (κ3) is 3.20.